The first-order valence-electron chi connectivity index (χ1n) is 5.87. The number of furan rings is 1. The van der Waals surface area contributed by atoms with Crippen molar-refractivity contribution in [3.05, 3.63) is 41.2 Å². The van der Waals surface area contributed by atoms with Crippen LogP contribution < -0.4 is 0 Å². The molecule has 0 atom stereocenters. The highest BCUT2D eigenvalue weighted by molar-refractivity contribution is 7.98. The van der Waals surface area contributed by atoms with E-state index in [0.29, 0.717) is 28.7 Å². The number of thioether (sulfide) groups is 1. The Morgan fingerprint density at radius 1 is 1.47 bits per heavy atom. The van der Waals surface area contributed by atoms with Crippen LogP contribution in [0.1, 0.15) is 34.6 Å². The first-order valence-corrected chi connectivity index (χ1v) is 6.86. The molecule has 0 spiro atoms. The summed E-state index contributed by atoms with van der Waals surface area (Å²) in [6.07, 6.45) is 2.27. The maximum atomic E-state index is 11.3. The van der Waals surface area contributed by atoms with Gasteiger partial charge in [0.1, 0.15) is 22.2 Å². The number of aromatic carboxylic acids is 1. The van der Waals surface area contributed by atoms with E-state index >= 15 is 0 Å². The minimum Gasteiger partial charge on any atom is -0.478 e. The quantitative estimate of drug-likeness (QED) is 0.669. The van der Waals surface area contributed by atoms with E-state index < -0.39 is 5.97 Å². The van der Waals surface area contributed by atoms with E-state index in [2.05, 4.69) is 9.97 Å². The van der Waals surface area contributed by atoms with Crippen molar-refractivity contribution in [1.29, 1.82) is 0 Å². The van der Waals surface area contributed by atoms with Gasteiger partial charge in [0.2, 0.25) is 0 Å². The van der Waals surface area contributed by atoms with Crippen LogP contribution in [0.4, 0.5) is 0 Å². The Kier molecular flexibility index (Phi) is 4.21. The number of aromatic nitrogens is 2. The number of hydrogen-bond donors (Lipinski definition) is 1. The van der Waals surface area contributed by atoms with E-state index in [9.17, 15) is 9.90 Å². The second-order valence-electron chi connectivity index (χ2n) is 3.93. The Labute approximate surface area is 115 Å². The summed E-state index contributed by atoms with van der Waals surface area (Å²) in [5.41, 5.74) is 0.676. The van der Waals surface area contributed by atoms with Crippen molar-refractivity contribution in [2.24, 2.45) is 0 Å². The minimum atomic E-state index is -0.998. The average molecular weight is 278 g/mol. The van der Waals surface area contributed by atoms with Gasteiger partial charge in [-0.2, -0.15) is 0 Å². The number of carboxylic acid groups (broad SMARTS) is 1. The van der Waals surface area contributed by atoms with Crippen LogP contribution in [0.2, 0.25) is 0 Å². The van der Waals surface area contributed by atoms with E-state index in [-0.39, 0.29) is 5.56 Å². The number of hydrogen-bond acceptors (Lipinski definition) is 5. The molecule has 2 aromatic heterocycles. The lowest BCUT2D eigenvalue weighted by Gasteiger charge is -2.08. The summed E-state index contributed by atoms with van der Waals surface area (Å²) in [6.45, 7) is 3.64. The van der Waals surface area contributed by atoms with Gasteiger partial charge in [-0.15, -0.1) is 0 Å². The molecule has 0 saturated carbocycles. The zero-order valence-electron chi connectivity index (χ0n) is 10.7. The largest absolute Gasteiger partial charge is 0.478 e. The van der Waals surface area contributed by atoms with Crippen molar-refractivity contribution in [1.82, 2.24) is 9.97 Å². The van der Waals surface area contributed by atoms with Crippen LogP contribution in [0.5, 0.6) is 0 Å². The molecule has 5 nitrogen and oxygen atoms in total. The Hall–Kier alpha value is -1.82. The highest BCUT2D eigenvalue weighted by Crippen LogP contribution is 2.26. The van der Waals surface area contributed by atoms with Gasteiger partial charge in [0.15, 0.2) is 0 Å². The van der Waals surface area contributed by atoms with Crippen LogP contribution in [-0.2, 0) is 12.2 Å². The molecule has 0 bridgehead atoms. The van der Waals surface area contributed by atoms with Crippen molar-refractivity contribution in [3.8, 4) is 0 Å². The molecule has 2 aromatic rings. The maximum Gasteiger partial charge on any atom is 0.340 e. The standard InChI is InChI=1S/C13H14N2O3S/c1-3-10-14-8(2)11(13(16)17)12(15-10)19-7-9-5-4-6-18-9/h4-6H,3,7H2,1-2H3,(H,16,17). The Balaban J connectivity index is 2.30. The second kappa shape index (κ2) is 5.88. The molecule has 0 radical (unpaired) electrons. The SMILES string of the molecule is CCc1nc(C)c(C(=O)O)c(SCc2ccco2)n1. The van der Waals surface area contributed by atoms with Gasteiger partial charge in [-0.05, 0) is 19.1 Å². The van der Waals surface area contributed by atoms with Crippen LogP contribution in [0, 0.1) is 6.92 Å². The zero-order chi connectivity index (χ0) is 13.8. The first kappa shape index (κ1) is 13.6. The van der Waals surface area contributed by atoms with E-state index in [4.69, 9.17) is 4.42 Å². The van der Waals surface area contributed by atoms with E-state index in [1.54, 1.807) is 19.3 Å². The fraction of sp³-hybridized carbons (Fsp3) is 0.308. The summed E-state index contributed by atoms with van der Waals surface area (Å²) in [4.78, 5) is 19.8. The molecular weight excluding hydrogens is 264 g/mol. The Bertz CT molecular complexity index is 582. The molecule has 100 valence electrons. The Morgan fingerprint density at radius 3 is 2.84 bits per heavy atom. The highest BCUT2D eigenvalue weighted by Gasteiger charge is 2.18. The van der Waals surface area contributed by atoms with Gasteiger partial charge < -0.3 is 9.52 Å². The molecule has 19 heavy (non-hydrogen) atoms. The first-order chi connectivity index (χ1) is 9.11. The predicted octanol–water partition coefficient (Wildman–Crippen LogP) is 2.93. The second-order valence-corrected chi connectivity index (χ2v) is 4.90. The van der Waals surface area contributed by atoms with Crippen LogP contribution in [0.25, 0.3) is 0 Å². The van der Waals surface area contributed by atoms with Gasteiger partial charge in [0.05, 0.1) is 17.7 Å². The topological polar surface area (TPSA) is 76.2 Å². The molecule has 0 amide bonds. The number of nitrogens with zero attached hydrogens (tertiary/aromatic N) is 2. The summed E-state index contributed by atoms with van der Waals surface area (Å²) < 4.78 is 5.23. The van der Waals surface area contributed by atoms with Crippen molar-refractivity contribution in [3.63, 3.8) is 0 Å². The van der Waals surface area contributed by atoms with Crippen molar-refractivity contribution in [2.75, 3.05) is 0 Å². The monoisotopic (exact) mass is 278 g/mol. The van der Waals surface area contributed by atoms with Crippen LogP contribution in [0.3, 0.4) is 0 Å². The molecule has 0 unspecified atom stereocenters. The molecule has 6 heteroatoms. The summed E-state index contributed by atoms with van der Waals surface area (Å²) in [7, 11) is 0. The van der Waals surface area contributed by atoms with E-state index in [1.165, 1.54) is 11.8 Å². The number of aryl methyl sites for hydroxylation is 2. The van der Waals surface area contributed by atoms with Crippen molar-refractivity contribution in [2.45, 2.75) is 31.0 Å². The van der Waals surface area contributed by atoms with Crippen LogP contribution in [-0.4, -0.2) is 21.0 Å². The van der Waals surface area contributed by atoms with Gasteiger partial charge in [-0.3, -0.25) is 0 Å². The van der Waals surface area contributed by atoms with Gasteiger partial charge in [-0.25, -0.2) is 14.8 Å². The predicted molar refractivity (Wildman–Crippen MR) is 71.4 cm³/mol. The third-order valence-corrected chi connectivity index (χ3v) is 3.56. The van der Waals surface area contributed by atoms with Crippen molar-refractivity contribution >= 4 is 17.7 Å². The third kappa shape index (κ3) is 3.14. The summed E-state index contributed by atoms with van der Waals surface area (Å²) in [5, 5.41) is 9.74. The highest BCUT2D eigenvalue weighted by atomic mass is 32.2. The molecule has 2 rings (SSSR count). The lowest BCUT2D eigenvalue weighted by Crippen LogP contribution is -2.09. The van der Waals surface area contributed by atoms with Gasteiger partial charge in [-0.1, -0.05) is 18.7 Å². The molecule has 0 aliphatic heterocycles. The zero-order valence-corrected chi connectivity index (χ0v) is 11.5. The fourth-order valence-corrected chi connectivity index (χ4v) is 2.64. The van der Waals surface area contributed by atoms with Crippen LogP contribution in [0.15, 0.2) is 27.8 Å². The number of carbonyl (C=O) groups is 1. The molecule has 0 aromatic carbocycles. The number of carboxylic acids is 1. The fourth-order valence-electron chi connectivity index (χ4n) is 1.65. The normalized spacial score (nSPS) is 10.6. The number of rotatable bonds is 5. The lowest BCUT2D eigenvalue weighted by molar-refractivity contribution is 0.0690. The third-order valence-electron chi connectivity index (χ3n) is 2.56. The molecule has 0 aliphatic rings. The molecule has 1 N–H and O–H groups in total. The maximum absolute atomic E-state index is 11.3. The molecule has 0 aliphatic carbocycles. The molecule has 2 heterocycles. The minimum absolute atomic E-state index is 0.175. The molecule has 0 fully saturated rings. The summed E-state index contributed by atoms with van der Waals surface area (Å²) in [6, 6.07) is 3.65. The van der Waals surface area contributed by atoms with Gasteiger partial charge in [0.25, 0.3) is 0 Å². The van der Waals surface area contributed by atoms with E-state index in [0.717, 1.165) is 5.76 Å². The van der Waals surface area contributed by atoms with E-state index in [1.807, 2.05) is 13.0 Å². The summed E-state index contributed by atoms with van der Waals surface area (Å²) in [5.74, 6) is 0.995. The summed E-state index contributed by atoms with van der Waals surface area (Å²) >= 11 is 1.35. The lowest BCUT2D eigenvalue weighted by atomic mass is 10.2. The van der Waals surface area contributed by atoms with Gasteiger partial charge >= 0.3 is 5.97 Å². The van der Waals surface area contributed by atoms with Gasteiger partial charge in [0, 0.05) is 6.42 Å². The van der Waals surface area contributed by atoms with Crippen molar-refractivity contribution < 1.29 is 14.3 Å². The molecule has 0 saturated heterocycles. The van der Waals surface area contributed by atoms with Crippen LogP contribution >= 0.6 is 11.8 Å². The average Bonchev–Trinajstić information content (AvgIpc) is 2.88. The molecular formula is C13H14N2O3S. The Morgan fingerprint density at radius 2 is 2.26 bits per heavy atom. The smallest absolute Gasteiger partial charge is 0.340 e.